The van der Waals surface area contributed by atoms with E-state index in [0.717, 1.165) is 23.6 Å². The molecule has 3 aliphatic rings. The molecule has 15 rings (SSSR count). The van der Waals surface area contributed by atoms with E-state index in [9.17, 15) is 42.9 Å². The van der Waals surface area contributed by atoms with E-state index in [-0.39, 0.29) is 84.0 Å². The van der Waals surface area contributed by atoms with Crippen LogP contribution in [0.1, 0.15) is 82.9 Å². The summed E-state index contributed by atoms with van der Waals surface area (Å²) < 4.78 is 103. The van der Waals surface area contributed by atoms with Gasteiger partial charge in [-0.3, -0.25) is 28.1 Å². The summed E-state index contributed by atoms with van der Waals surface area (Å²) in [6.07, 6.45) is 0. The Morgan fingerprint density at radius 1 is 0.269 bits per heavy atom. The maximum atomic E-state index is 15.2. The molecule has 534 valence electrons. The molecule has 0 amide bonds. The van der Waals surface area contributed by atoms with Gasteiger partial charge in [-0.2, -0.15) is 0 Å². The fraction of sp³-hybridized carbons (Fsp3) is 0.0476. The molecule has 0 aliphatic carbocycles. The predicted octanol–water partition coefficient (Wildman–Crippen LogP) is 15.0. The van der Waals surface area contributed by atoms with Crippen LogP contribution in [0.25, 0.3) is 33.4 Å². The van der Waals surface area contributed by atoms with Crippen molar-refractivity contribution in [2.24, 2.45) is 0 Å². The lowest BCUT2D eigenvalue weighted by molar-refractivity contribution is -0.135. The van der Waals surface area contributed by atoms with Crippen LogP contribution >= 0.6 is 22.1 Å². The molecule has 0 fully saturated rings. The Morgan fingerprint density at radius 2 is 0.565 bits per heavy atom. The van der Waals surface area contributed by atoms with Crippen molar-refractivity contribution in [1.29, 1.82) is 0 Å². The van der Waals surface area contributed by atoms with E-state index in [1.807, 2.05) is 60.7 Å². The SMILES string of the molecule is CC(=O)OC(=O)c1cccc(C(=O)Oc2ccc(OC(=O)c3cccc(C(C)=O)c3)cc2P2(=O)Oc3ccccc3-c3ccccc32)c1.COc1ccc(OC(=O)c2cccc(C(=O)Oc3ccc(OC(C)=O)cc3P3(=O)Oc4ccccc4-c4ccccc43)c2)cc1P1(=O)Oc2ccccc2-c2ccccc21. The van der Waals surface area contributed by atoms with Crippen molar-refractivity contribution in [3.63, 3.8) is 0 Å². The Morgan fingerprint density at radius 3 is 0.917 bits per heavy atom. The maximum Gasteiger partial charge on any atom is 0.345 e. The van der Waals surface area contributed by atoms with Crippen LogP contribution in [0.15, 0.2) is 273 Å². The van der Waals surface area contributed by atoms with E-state index in [4.69, 9.17) is 42.0 Å². The summed E-state index contributed by atoms with van der Waals surface area (Å²) >= 11 is 0. The molecule has 0 aromatic heterocycles. The number of methoxy groups -OCH3 is 1. The number of hydrogen-bond acceptors (Lipinski definition) is 21. The molecule has 0 saturated carbocycles. The molecule has 3 aliphatic heterocycles. The molecular weight excluding hydrogens is 1440 g/mol. The zero-order valence-corrected chi connectivity index (χ0v) is 60.1. The number of ether oxygens (including phenoxy) is 7. The molecule has 0 N–H and O–H groups in total. The second-order valence-corrected chi connectivity index (χ2v) is 31.1. The fourth-order valence-corrected chi connectivity index (χ4v) is 19.6. The van der Waals surface area contributed by atoms with Crippen molar-refractivity contribution in [2.75, 3.05) is 7.11 Å². The molecule has 108 heavy (non-hydrogen) atoms. The van der Waals surface area contributed by atoms with E-state index < -0.39 is 63.9 Å². The summed E-state index contributed by atoms with van der Waals surface area (Å²) in [5.74, 6) is -4.81. The highest BCUT2D eigenvalue weighted by Gasteiger charge is 2.44. The number of hydrogen-bond donors (Lipinski definition) is 0. The van der Waals surface area contributed by atoms with Gasteiger partial charge in [-0.25, -0.2) is 24.0 Å². The van der Waals surface area contributed by atoms with Crippen LogP contribution in [0.3, 0.4) is 0 Å². The van der Waals surface area contributed by atoms with Gasteiger partial charge in [0.1, 0.15) is 51.7 Å². The number of esters is 7. The first kappa shape index (κ1) is 71.7. The van der Waals surface area contributed by atoms with Gasteiger partial charge in [0.05, 0.1) is 66.8 Å². The van der Waals surface area contributed by atoms with Gasteiger partial charge in [0.15, 0.2) is 5.78 Å². The zero-order chi connectivity index (χ0) is 75.6. The van der Waals surface area contributed by atoms with Crippen LogP contribution < -0.4 is 73.8 Å². The maximum absolute atomic E-state index is 15.2. The second-order valence-electron chi connectivity index (χ2n) is 24.4. The van der Waals surface area contributed by atoms with Crippen molar-refractivity contribution >= 4 is 102 Å². The van der Waals surface area contributed by atoms with Crippen LogP contribution in [-0.4, -0.2) is 54.7 Å². The Balaban J connectivity index is 0.000000186. The predicted molar refractivity (Wildman–Crippen MR) is 401 cm³/mol. The third kappa shape index (κ3) is 14.1. The molecule has 0 spiro atoms. The first-order valence-electron chi connectivity index (χ1n) is 33.1. The minimum absolute atomic E-state index is 0.000938. The van der Waals surface area contributed by atoms with Gasteiger partial charge in [0.2, 0.25) is 0 Å². The molecular formula is C84H57O21P3. The number of fused-ring (bicyclic) bond motifs is 9. The van der Waals surface area contributed by atoms with E-state index >= 15 is 9.13 Å². The topological polar surface area (TPSA) is 280 Å². The van der Waals surface area contributed by atoms with Crippen molar-refractivity contribution in [3.8, 4) is 85.1 Å². The molecule has 21 nitrogen and oxygen atoms in total. The molecule has 3 unspecified atom stereocenters. The van der Waals surface area contributed by atoms with Crippen LogP contribution in [0.2, 0.25) is 0 Å². The van der Waals surface area contributed by atoms with Gasteiger partial charge in [0.25, 0.3) is 0 Å². The molecule has 0 radical (unpaired) electrons. The standard InChI is InChI=1S/C47H32O11P2.C37H25O10P/c1-29(48)54-32-23-25-41(45(27-32)60(52)43-21-10-6-17-37(43)35-15-4-8-19-39(35)58-60)56-47(50)31-13-11-12-30(26-31)46(49)55-33-22-24-40(53-2)44(28-33)59(51)42-20-9-5-16-36(42)34-14-3-7-18-38(34)57-59;1-22(38)24-9-7-10-25(19-24)36(41)45-28-17-18-32(46-37(42)27-12-8-11-26(20-27)35(40)44-23(2)39)34(21-28)48(43)33-16-6-4-14-30(33)29-13-3-5-15-31(29)47-48/h3-28H,1-2H3;3-21H,1-2H3. The van der Waals surface area contributed by atoms with Crippen molar-refractivity contribution < 1.29 is 98.8 Å². The minimum atomic E-state index is -4.10. The van der Waals surface area contributed by atoms with Gasteiger partial charge in [0, 0.05) is 36.1 Å². The average Bonchev–Trinajstić information content (AvgIpc) is 0.740. The van der Waals surface area contributed by atoms with E-state index in [1.54, 1.807) is 103 Å². The Hall–Kier alpha value is -13.3. The third-order valence-corrected chi connectivity index (χ3v) is 24.7. The van der Waals surface area contributed by atoms with Gasteiger partial charge >= 0.3 is 63.9 Å². The summed E-state index contributed by atoms with van der Waals surface area (Å²) in [7, 11) is -10.5. The highest BCUT2D eigenvalue weighted by molar-refractivity contribution is 7.76. The normalized spacial score (nSPS) is 15.8. The fourth-order valence-electron chi connectivity index (χ4n) is 12.4. The molecule has 12 aromatic carbocycles. The summed E-state index contributed by atoms with van der Waals surface area (Å²) in [6.45, 7) is 3.69. The summed E-state index contributed by atoms with van der Waals surface area (Å²) in [5.41, 5.74) is 4.57. The van der Waals surface area contributed by atoms with E-state index in [2.05, 4.69) is 4.74 Å². The number of benzene rings is 12. The van der Waals surface area contributed by atoms with Crippen LogP contribution in [0.4, 0.5) is 0 Å². The molecule has 3 atom stereocenters. The molecule has 0 bridgehead atoms. The molecule has 3 heterocycles. The third-order valence-electron chi connectivity index (χ3n) is 17.3. The highest BCUT2D eigenvalue weighted by Crippen LogP contribution is 2.59. The van der Waals surface area contributed by atoms with Gasteiger partial charge < -0.3 is 46.7 Å². The van der Waals surface area contributed by atoms with Crippen molar-refractivity contribution in [2.45, 2.75) is 20.8 Å². The van der Waals surface area contributed by atoms with Gasteiger partial charge in [-0.15, -0.1) is 0 Å². The summed E-state index contributed by atoms with van der Waals surface area (Å²) in [4.78, 5) is 101. The van der Waals surface area contributed by atoms with Gasteiger partial charge in [-0.1, -0.05) is 133 Å². The van der Waals surface area contributed by atoms with Crippen LogP contribution in [-0.2, 0) is 28.0 Å². The number of carbonyl (C=O) groups is 8. The van der Waals surface area contributed by atoms with E-state index in [0.29, 0.717) is 55.4 Å². The summed E-state index contributed by atoms with van der Waals surface area (Å²) in [5, 5.41) is 1.25. The van der Waals surface area contributed by atoms with Crippen LogP contribution in [0, 0.1) is 0 Å². The lowest BCUT2D eigenvalue weighted by Crippen LogP contribution is -2.27. The Bertz CT molecular complexity index is 5920. The van der Waals surface area contributed by atoms with Gasteiger partial charge in [-0.05, 0) is 163 Å². The van der Waals surface area contributed by atoms with Crippen molar-refractivity contribution in [3.05, 3.63) is 306 Å². The second kappa shape index (κ2) is 29.7. The lowest BCUT2D eigenvalue weighted by atomic mass is 10.0. The highest BCUT2D eigenvalue weighted by atomic mass is 31.2. The zero-order valence-electron chi connectivity index (χ0n) is 57.4. The number of para-hydroxylation sites is 3. The number of Topliss-reactive ketones (excluding diaryl/α,β-unsaturated/α-hetero) is 1. The Kier molecular flexibility index (Phi) is 19.7. The number of carbonyl (C=O) groups excluding carboxylic acids is 8. The summed E-state index contributed by atoms with van der Waals surface area (Å²) in [6, 6.07) is 72.4. The monoisotopic (exact) mass is 1490 g/mol. The first-order chi connectivity index (χ1) is 52.1. The first-order valence-corrected chi connectivity index (χ1v) is 38.0. The lowest BCUT2D eigenvalue weighted by Gasteiger charge is -2.29. The largest absolute Gasteiger partial charge is 0.496 e. The average molecular weight is 1500 g/mol. The molecule has 24 heteroatoms. The number of rotatable bonds is 15. The molecule has 0 saturated heterocycles. The smallest absolute Gasteiger partial charge is 0.345 e. The quantitative estimate of drug-likeness (QED) is 0.0303. The van der Waals surface area contributed by atoms with Crippen molar-refractivity contribution in [1.82, 2.24) is 0 Å². The Labute approximate surface area is 616 Å². The minimum Gasteiger partial charge on any atom is -0.496 e. The van der Waals surface area contributed by atoms with E-state index in [1.165, 1.54) is 130 Å². The van der Waals surface area contributed by atoms with Crippen LogP contribution in [0.5, 0.6) is 51.7 Å². The number of ketones is 1. The molecule has 12 aromatic rings.